The Hall–Kier alpha value is -2.90. The highest BCUT2D eigenvalue weighted by Crippen LogP contribution is 2.22. The molecule has 0 atom stereocenters. The molecular formula is C20H18N4OS2. The maximum absolute atomic E-state index is 12.0. The number of thioether (sulfide) groups is 1. The first-order valence-corrected chi connectivity index (χ1v) is 9.65. The number of hydrogen-bond acceptors (Lipinski definition) is 4. The van der Waals surface area contributed by atoms with Crippen LogP contribution in [-0.4, -0.2) is 21.8 Å². The first-order chi connectivity index (χ1) is 13.2. The zero-order valence-corrected chi connectivity index (χ0v) is 16.0. The molecule has 1 amide bonds. The molecule has 0 saturated heterocycles. The van der Waals surface area contributed by atoms with E-state index in [1.807, 2.05) is 60.7 Å². The molecule has 27 heavy (non-hydrogen) atoms. The van der Waals surface area contributed by atoms with Gasteiger partial charge in [0.1, 0.15) is 5.82 Å². The van der Waals surface area contributed by atoms with Crippen molar-refractivity contribution in [1.29, 1.82) is 0 Å². The number of nitrogens with zero attached hydrogens (tertiary/aromatic N) is 1. The van der Waals surface area contributed by atoms with Gasteiger partial charge in [0.05, 0.1) is 5.75 Å². The highest BCUT2D eigenvalue weighted by Gasteiger charge is 2.05. The standard InChI is InChI=1S/C20H18N4OS2/c25-19(24-18-11-4-5-12-21-18)14-27-17-10-6-9-16(13-17)23-20(26)22-15-7-2-1-3-8-15/h1-13H,14H2,(H,21,24,25)(H2,22,23,26). The Balaban J connectivity index is 1.51. The van der Waals surface area contributed by atoms with Crippen molar-refractivity contribution < 1.29 is 4.79 Å². The van der Waals surface area contributed by atoms with E-state index >= 15 is 0 Å². The quantitative estimate of drug-likeness (QED) is 0.419. The molecule has 3 rings (SSSR count). The van der Waals surface area contributed by atoms with E-state index in [2.05, 4.69) is 20.9 Å². The number of benzene rings is 2. The van der Waals surface area contributed by atoms with Crippen molar-refractivity contribution in [1.82, 2.24) is 4.98 Å². The minimum Gasteiger partial charge on any atom is -0.332 e. The van der Waals surface area contributed by atoms with Crippen LogP contribution in [0.3, 0.4) is 0 Å². The first-order valence-electron chi connectivity index (χ1n) is 8.26. The number of thiocarbonyl (C=S) groups is 1. The lowest BCUT2D eigenvalue weighted by atomic mass is 10.3. The van der Waals surface area contributed by atoms with Gasteiger partial charge in [0.2, 0.25) is 5.91 Å². The number of hydrogen-bond donors (Lipinski definition) is 3. The zero-order chi connectivity index (χ0) is 18.9. The fraction of sp³-hybridized carbons (Fsp3) is 0.0500. The second-order valence-electron chi connectivity index (χ2n) is 5.52. The summed E-state index contributed by atoms with van der Waals surface area (Å²) in [6.07, 6.45) is 1.64. The predicted octanol–water partition coefficient (Wildman–Crippen LogP) is 4.62. The van der Waals surface area contributed by atoms with Crippen molar-refractivity contribution in [3.05, 3.63) is 79.0 Å². The van der Waals surface area contributed by atoms with Crippen LogP contribution >= 0.6 is 24.0 Å². The molecule has 136 valence electrons. The number of nitrogens with one attached hydrogen (secondary N) is 3. The lowest BCUT2D eigenvalue weighted by molar-refractivity contribution is -0.113. The number of rotatable bonds is 6. The van der Waals surface area contributed by atoms with Gasteiger partial charge in [-0.1, -0.05) is 30.3 Å². The van der Waals surface area contributed by atoms with Gasteiger partial charge >= 0.3 is 0 Å². The topological polar surface area (TPSA) is 66.1 Å². The minimum absolute atomic E-state index is 0.0988. The number of para-hydroxylation sites is 1. The molecule has 0 spiro atoms. The third kappa shape index (κ3) is 6.40. The molecule has 0 fully saturated rings. The number of anilines is 3. The molecule has 0 aliphatic heterocycles. The molecule has 1 aromatic heterocycles. The summed E-state index contributed by atoms with van der Waals surface area (Å²) in [4.78, 5) is 17.1. The highest BCUT2D eigenvalue weighted by atomic mass is 32.2. The third-order valence-corrected chi connectivity index (χ3v) is 4.62. The van der Waals surface area contributed by atoms with Crippen molar-refractivity contribution in [3.8, 4) is 0 Å². The molecule has 0 saturated carbocycles. The van der Waals surface area contributed by atoms with Gasteiger partial charge in [-0.25, -0.2) is 4.98 Å². The molecular weight excluding hydrogens is 376 g/mol. The van der Waals surface area contributed by atoms with Crippen LogP contribution in [0.25, 0.3) is 0 Å². The summed E-state index contributed by atoms with van der Waals surface area (Å²) in [7, 11) is 0. The van der Waals surface area contributed by atoms with Crippen molar-refractivity contribution in [3.63, 3.8) is 0 Å². The lowest BCUT2D eigenvalue weighted by Gasteiger charge is -2.11. The van der Waals surface area contributed by atoms with E-state index in [0.717, 1.165) is 16.3 Å². The SMILES string of the molecule is O=C(CSc1cccc(NC(=S)Nc2ccccc2)c1)Nc1ccccn1. The lowest BCUT2D eigenvalue weighted by Crippen LogP contribution is -2.19. The molecule has 3 N–H and O–H groups in total. The van der Waals surface area contributed by atoms with E-state index in [1.165, 1.54) is 11.8 Å². The number of amides is 1. The first kappa shape index (κ1) is 18.9. The molecule has 5 nitrogen and oxygen atoms in total. The summed E-state index contributed by atoms with van der Waals surface area (Å²) < 4.78 is 0. The second kappa shape index (κ2) is 9.70. The van der Waals surface area contributed by atoms with Crippen molar-refractivity contribution in [2.45, 2.75) is 4.90 Å². The molecule has 0 aliphatic carbocycles. The van der Waals surface area contributed by atoms with Gasteiger partial charge in [-0.15, -0.1) is 11.8 Å². The van der Waals surface area contributed by atoms with E-state index in [0.29, 0.717) is 16.7 Å². The number of aromatic nitrogens is 1. The van der Waals surface area contributed by atoms with Crippen LogP contribution in [0.4, 0.5) is 17.2 Å². The van der Waals surface area contributed by atoms with Crippen LogP contribution in [0, 0.1) is 0 Å². The normalized spacial score (nSPS) is 10.1. The third-order valence-electron chi connectivity index (χ3n) is 3.43. The summed E-state index contributed by atoms with van der Waals surface area (Å²) >= 11 is 6.79. The van der Waals surface area contributed by atoms with E-state index in [1.54, 1.807) is 18.3 Å². The van der Waals surface area contributed by atoms with Gasteiger partial charge in [-0.2, -0.15) is 0 Å². The Labute approximate surface area is 167 Å². The number of carbonyl (C=O) groups excluding carboxylic acids is 1. The van der Waals surface area contributed by atoms with Gasteiger partial charge in [0, 0.05) is 22.5 Å². The van der Waals surface area contributed by atoms with Crippen LogP contribution < -0.4 is 16.0 Å². The largest absolute Gasteiger partial charge is 0.332 e. The average molecular weight is 395 g/mol. The zero-order valence-electron chi connectivity index (χ0n) is 14.4. The summed E-state index contributed by atoms with van der Waals surface area (Å²) in [5.41, 5.74) is 1.78. The summed E-state index contributed by atoms with van der Waals surface area (Å²) in [5, 5.41) is 9.56. The molecule has 3 aromatic rings. The molecule has 0 bridgehead atoms. The number of pyridine rings is 1. The van der Waals surface area contributed by atoms with Gasteiger partial charge in [0.25, 0.3) is 0 Å². The molecule has 0 aliphatic rings. The van der Waals surface area contributed by atoms with Crippen LogP contribution in [-0.2, 0) is 4.79 Å². The predicted molar refractivity (Wildman–Crippen MR) is 116 cm³/mol. The Morgan fingerprint density at radius 1 is 0.889 bits per heavy atom. The molecule has 0 radical (unpaired) electrons. The van der Waals surface area contributed by atoms with E-state index in [4.69, 9.17) is 12.2 Å². The molecule has 7 heteroatoms. The Kier molecular flexibility index (Phi) is 6.78. The van der Waals surface area contributed by atoms with Gasteiger partial charge < -0.3 is 16.0 Å². The van der Waals surface area contributed by atoms with Crippen molar-refractivity contribution in [2.24, 2.45) is 0 Å². The smallest absolute Gasteiger partial charge is 0.235 e. The van der Waals surface area contributed by atoms with Gasteiger partial charge in [-0.05, 0) is 54.7 Å². The fourth-order valence-corrected chi connectivity index (χ4v) is 3.23. The monoisotopic (exact) mass is 394 g/mol. The van der Waals surface area contributed by atoms with Crippen molar-refractivity contribution in [2.75, 3.05) is 21.7 Å². The minimum atomic E-state index is -0.0988. The summed E-state index contributed by atoms with van der Waals surface area (Å²) in [6.45, 7) is 0. The Morgan fingerprint density at radius 3 is 2.41 bits per heavy atom. The molecule has 0 unspecified atom stereocenters. The number of carbonyl (C=O) groups is 1. The van der Waals surface area contributed by atoms with E-state index in [-0.39, 0.29) is 5.91 Å². The van der Waals surface area contributed by atoms with Gasteiger partial charge in [0.15, 0.2) is 5.11 Å². The maximum atomic E-state index is 12.0. The Morgan fingerprint density at radius 2 is 1.63 bits per heavy atom. The van der Waals surface area contributed by atoms with E-state index in [9.17, 15) is 4.79 Å². The second-order valence-corrected chi connectivity index (χ2v) is 6.98. The summed E-state index contributed by atoms with van der Waals surface area (Å²) in [6, 6.07) is 22.9. The van der Waals surface area contributed by atoms with Crippen LogP contribution in [0.2, 0.25) is 0 Å². The average Bonchev–Trinajstić information content (AvgIpc) is 2.68. The van der Waals surface area contributed by atoms with Crippen LogP contribution in [0.15, 0.2) is 83.9 Å². The summed E-state index contributed by atoms with van der Waals surface area (Å²) in [5.74, 6) is 0.751. The highest BCUT2D eigenvalue weighted by molar-refractivity contribution is 8.00. The molecule has 1 heterocycles. The molecule has 2 aromatic carbocycles. The van der Waals surface area contributed by atoms with Crippen LogP contribution in [0.1, 0.15) is 0 Å². The van der Waals surface area contributed by atoms with Crippen molar-refractivity contribution >= 4 is 52.2 Å². The van der Waals surface area contributed by atoms with E-state index < -0.39 is 0 Å². The van der Waals surface area contributed by atoms with Gasteiger partial charge in [-0.3, -0.25) is 4.79 Å². The maximum Gasteiger partial charge on any atom is 0.235 e. The van der Waals surface area contributed by atoms with Crippen LogP contribution in [0.5, 0.6) is 0 Å². The Bertz CT molecular complexity index is 904. The fourth-order valence-electron chi connectivity index (χ4n) is 2.24.